The third-order valence-corrected chi connectivity index (χ3v) is 3.06. The van der Waals surface area contributed by atoms with Crippen molar-refractivity contribution in [3.8, 4) is 22.6 Å². The molecule has 23 heavy (non-hydrogen) atoms. The van der Waals surface area contributed by atoms with Crippen molar-refractivity contribution in [3.63, 3.8) is 0 Å². The van der Waals surface area contributed by atoms with Crippen LogP contribution in [0.5, 0.6) is 0 Å². The molecule has 0 saturated carbocycles. The Morgan fingerprint density at radius 1 is 1.17 bits per heavy atom. The highest BCUT2D eigenvalue weighted by atomic mass is 19.4. The zero-order valence-electron chi connectivity index (χ0n) is 11.2. The molecule has 0 aliphatic rings. The van der Waals surface area contributed by atoms with E-state index in [0.29, 0.717) is 6.07 Å². The average molecular weight is 325 g/mol. The molecule has 0 atom stereocenters. The number of hydrogen-bond acceptors (Lipinski definition) is 4. The van der Waals surface area contributed by atoms with Crippen molar-refractivity contribution in [2.24, 2.45) is 0 Å². The topological polar surface area (TPSA) is 71.8 Å². The molecule has 0 bridgehead atoms. The molecule has 0 aliphatic carbocycles. The number of aromatic amines is 1. The number of alkyl halides is 3. The lowest BCUT2D eigenvalue weighted by molar-refractivity contribution is -0.139. The van der Waals surface area contributed by atoms with Gasteiger partial charge in [-0.1, -0.05) is 17.3 Å². The van der Waals surface area contributed by atoms with Crippen molar-refractivity contribution in [1.29, 1.82) is 0 Å². The summed E-state index contributed by atoms with van der Waals surface area (Å²) in [6, 6.07) is 5.64. The maximum Gasteiger partial charge on any atom is 0.439 e. The normalized spacial score (nSPS) is 11.7. The SMILES string of the molecule is O=c1[nH]c(-c2cc(-c3cccc(C(F)(F)F)c3F)ccn2)no1. The average Bonchev–Trinajstić information content (AvgIpc) is 2.93. The van der Waals surface area contributed by atoms with Gasteiger partial charge in [0.1, 0.15) is 11.5 Å². The van der Waals surface area contributed by atoms with Crippen LogP contribution in [-0.2, 0) is 6.18 Å². The van der Waals surface area contributed by atoms with Crippen LogP contribution in [0.4, 0.5) is 17.6 Å². The van der Waals surface area contributed by atoms with Crippen molar-refractivity contribution >= 4 is 0 Å². The minimum Gasteiger partial charge on any atom is -0.296 e. The quantitative estimate of drug-likeness (QED) is 0.734. The van der Waals surface area contributed by atoms with Gasteiger partial charge in [-0.25, -0.2) is 9.18 Å². The van der Waals surface area contributed by atoms with Gasteiger partial charge < -0.3 is 0 Å². The van der Waals surface area contributed by atoms with Gasteiger partial charge in [0.05, 0.1) is 5.56 Å². The zero-order chi connectivity index (χ0) is 16.6. The van der Waals surface area contributed by atoms with Gasteiger partial charge in [-0.2, -0.15) is 13.2 Å². The molecule has 1 aromatic carbocycles. The number of nitrogens with one attached hydrogen (secondary N) is 1. The molecule has 0 unspecified atom stereocenters. The highest BCUT2D eigenvalue weighted by molar-refractivity contribution is 5.69. The van der Waals surface area contributed by atoms with Crippen LogP contribution in [0.15, 0.2) is 45.8 Å². The molecular formula is C14H7F4N3O2. The molecule has 9 heteroatoms. The maximum atomic E-state index is 14.2. The minimum atomic E-state index is -4.80. The summed E-state index contributed by atoms with van der Waals surface area (Å²) in [5.41, 5.74) is -1.31. The number of H-pyrrole nitrogens is 1. The molecule has 0 radical (unpaired) electrons. The molecular weight excluding hydrogens is 318 g/mol. The van der Waals surface area contributed by atoms with E-state index in [1.165, 1.54) is 24.4 Å². The Hall–Kier alpha value is -2.97. The molecule has 0 amide bonds. The molecule has 118 valence electrons. The van der Waals surface area contributed by atoms with Gasteiger partial charge in [-0.05, 0) is 23.8 Å². The number of rotatable bonds is 2. The third-order valence-electron chi connectivity index (χ3n) is 3.06. The first-order valence-electron chi connectivity index (χ1n) is 6.25. The van der Waals surface area contributed by atoms with Gasteiger partial charge in [0, 0.05) is 11.8 Å². The molecule has 0 fully saturated rings. The first-order chi connectivity index (χ1) is 10.9. The minimum absolute atomic E-state index is 0.00997. The van der Waals surface area contributed by atoms with E-state index in [2.05, 4.69) is 19.6 Å². The molecule has 1 N–H and O–H groups in total. The molecule has 3 rings (SSSR count). The molecule has 0 aliphatic heterocycles. The van der Waals surface area contributed by atoms with Gasteiger partial charge in [0.25, 0.3) is 0 Å². The van der Waals surface area contributed by atoms with E-state index in [0.717, 1.165) is 6.07 Å². The van der Waals surface area contributed by atoms with Gasteiger partial charge in [0.15, 0.2) is 0 Å². The Morgan fingerprint density at radius 3 is 2.61 bits per heavy atom. The number of halogens is 4. The fraction of sp³-hybridized carbons (Fsp3) is 0.0714. The van der Waals surface area contributed by atoms with Crippen LogP contribution in [-0.4, -0.2) is 15.1 Å². The Labute approximate surface area is 125 Å². The summed E-state index contributed by atoms with van der Waals surface area (Å²) >= 11 is 0. The van der Waals surface area contributed by atoms with Crippen LogP contribution >= 0.6 is 0 Å². The standard InChI is InChI=1S/C14H7F4N3O2/c15-11-8(2-1-3-9(11)14(16,17)18)7-4-5-19-10(6-7)12-20-13(22)23-21-12/h1-6H,(H,20,21,22). The molecule has 2 aromatic heterocycles. The van der Waals surface area contributed by atoms with Gasteiger partial charge in [-0.3, -0.25) is 14.5 Å². The van der Waals surface area contributed by atoms with Crippen LogP contribution in [0.2, 0.25) is 0 Å². The maximum absolute atomic E-state index is 14.2. The predicted molar refractivity (Wildman–Crippen MR) is 70.8 cm³/mol. The second-order valence-electron chi connectivity index (χ2n) is 4.54. The molecule has 5 nitrogen and oxygen atoms in total. The van der Waals surface area contributed by atoms with E-state index >= 15 is 0 Å². The third kappa shape index (κ3) is 2.85. The van der Waals surface area contributed by atoms with Gasteiger partial charge in [-0.15, -0.1) is 0 Å². The van der Waals surface area contributed by atoms with E-state index in [9.17, 15) is 22.4 Å². The highest BCUT2D eigenvalue weighted by Crippen LogP contribution is 2.35. The number of aromatic nitrogens is 3. The summed E-state index contributed by atoms with van der Waals surface area (Å²) in [7, 11) is 0. The Kier molecular flexibility index (Phi) is 3.47. The molecule has 3 aromatic rings. The lowest BCUT2D eigenvalue weighted by Crippen LogP contribution is -2.08. The van der Waals surface area contributed by atoms with Gasteiger partial charge in [0.2, 0.25) is 5.82 Å². The van der Waals surface area contributed by atoms with E-state index in [-0.39, 0.29) is 22.6 Å². The lowest BCUT2D eigenvalue weighted by atomic mass is 10.0. The fourth-order valence-electron chi connectivity index (χ4n) is 2.04. The van der Waals surface area contributed by atoms with Crippen LogP contribution < -0.4 is 5.76 Å². The number of nitrogens with zero attached hydrogens (tertiary/aromatic N) is 2. The van der Waals surface area contributed by atoms with Crippen LogP contribution in [0.1, 0.15) is 5.56 Å². The van der Waals surface area contributed by atoms with Crippen molar-refractivity contribution in [2.75, 3.05) is 0 Å². The predicted octanol–water partition coefficient (Wildman–Crippen LogP) is 3.25. The highest BCUT2D eigenvalue weighted by Gasteiger charge is 2.34. The van der Waals surface area contributed by atoms with Crippen molar-refractivity contribution in [2.45, 2.75) is 6.18 Å². The summed E-state index contributed by atoms with van der Waals surface area (Å²) in [5, 5.41) is 3.42. The van der Waals surface area contributed by atoms with Crippen molar-refractivity contribution < 1.29 is 22.1 Å². The number of benzene rings is 1. The van der Waals surface area contributed by atoms with E-state index < -0.39 is 23.3 Å². The second-order valence-corrected chi connectivity index (χ2v) is 4.54. The van der Waals surface area contributed by atoms with Gasteiger partial charge >= 0.3 is 11.9 Å². The molecule has 0 spiro atoms. The number of pyridine rings is 1. The Balaban J connectivity index is 2.12. The summed E-state index contributed by atoms with van der Waals surface area (Å²) in [6.07, 6.45) is -3.54. The summed E-state index contributed by atoms with van der Waals surface area (Å²) in [4.78, 5) is 17.1. The van der Waals surface area contributed by atoms with Crippen molar-refractivity contribution in [1.82, 2.24) is 15.1 Å². The zero-order valence-corrected chi connectivity index (χ0v) is 11.2. The fourth-order valence-corrected chi connectivity index (χ4v) is 2.04. The first-order valence-corrected chi connectivity index (χ1v) is 6.25. The van der Waals surface area contributed by atoms with E-state index in [1.54, 1.807) is 0 Å². The van der Waals surface area contributed by atoms with Crippen LogP contribution in [0.3, 0.4) is 0 Å². The Morgan fingerprint density at radius 2 is 1.96 bits per heavy atom. The smallest absolute Gasteiger partial charge is 0.296 e. The van der Waals surface area contributed by atoms with Crippen molar-refractivity contribution in [3.05, 3.63) is 58.5 Å². The molecule has 2 heterocycles. The molecule has 0 saturated heterocycles. The monoisotopic (exact) mass is 325 g/mol. The summed E-state index contributed by atoms with van der Waals surface area (Å²) in [6.45, 7) is 0. The largest absolute Gasteiger partial charge is 0.439 e. The summed E-state index contributed by atoms with van der Waals surface area (Å²) < 4.78 is 56.8. The Bertz CT molecular complexity index is 915. The van der Waals surface area contributed by atoms with Crippen LogP contribution in [0, 0.1) is 5.82 Å². The van der Waals surface area contributed by atoms with Crippen LogP contribution in [0.25, 0.3) is 22.6 Å². The summed E-state index contributed by atoms with van der Waals surface area (Å²) in [5.74, 6) is -2.20. The second kappa shape index (κ2) is 5.34. The number of hydrogen-bond donors (Lipinski definition) is 1. The van der Waals surface area contributed by atoms with E-state index in [4.69, 9.17) is 0 Å². The first kappa shape index (κ1) is 14.9. The lowest BCUT2D eigenvalue weighted by Gasteiger charge is -2.11. The van der Waals surface area contributed by atoms with E-state index in [1.807, 2.05) is 0 Å².